The molecule has 2 N–H and O–H groups in total. The minimum atomic E-state index is -2.42. The van der Waals surface area contributed by atoms with Crippen molar-refractivity contribution in [1.82, 2.24) is 0 Å². The van der Waals surface area contributed by atoms with Gasteiger partial charge in [0.15, 0.2) is 0 Å². The molecule has 1 unspecified atom stereocenters. The minimum Gasteiger partial charge on any atom is -0.325 e. The highest BCUT2D eigenvalue weighted by molar-refractivity contribution is 5.02. The third-order valence-corrected chi connectivity index (χ3v) is 3.21. The molecule has 3 heteroatoms. The van der Waals surface area contributed by atoms with Crippen LogP contribution in [0.2, 0.25) is 0 Å². The van der Waals surface area contributed by atoms with Crippen LogP contribution in [-0.2, 0) is 0 Å². The van der Waals surface area contributed by atoms with Crippen LogP contribution < -0.4 is 5.73 Å². The van der Waals surface area contributed by atoms with Gasteiger partial charge in [-0.2, -0.15) is 0 Å². The summed E-state index contributed by atoms with van der Waals surface area (Å²) >= 11 is 0. The van der Waals surface area contributed by atoms with E-state index >= 15 is 0 Å². The monoisotopic (exact) mass is 175 g/mol. The van der Waals surface area contributed by atoms with Crippen LogP contribution >= 0.6 is 0 Å². The lowest BCUT2D eigenvalue weighted by molar-refractivity contribution is -0.0423. The molecule has 0 aliphatic heterocycles. The van der Waals surface area contributed by atoms with Crippen LogP contribution in [-0.4, -0.2) is 11.5 Å². The largest absolute Gasteiger partial charge is 0.325 e. The van der Waals surface area contributed by atoms with Gasteiger partial charge in [-0.25, -0.2) is 8.78 Å². The van der Waals surface area contributed by atoms with Gasteiger partial charge in [0.05, 0.1) is 0 Å². The molecule has 0 aromatic rings. The summed E-state index contributed by atoms with van der Waals surface area (Å²) in [6, 6.07) is 0. The number of nitrogens with two attached hydrogens (primary N) is 1. The summed E-state index contributed by atoms with van der Waals surface area (Å²) in [4.78, 5) is 0. The van der Waals surface area contributed by atoms with E-state index in [2.05, 4.69) is 0 Å². The molecule has 1 atom stereocenters. The van der Waals surface area contributed by atoms with Crippen molar-refractivity contribution in [1.29, 1.82) is 0 Å². The molecule has 0 bridgehead atoms. The lowest BCUT2D eigenvalue weighted by atomic mass is 9.95. The molecule has 0 radical (unpaired) electrons. The van der Waals surface area contributed by atoms with Gasteiger partial charge in [-0.15, -0.1) is 0 Å². The fourth-order valence-electron chi connectivity index (χ4n) is 2.11. The summed E-state index contributed by atoms with van der Waals surface area (Å²) in [5.74, 6) is -2.85. The SMILES string of the molecule is NC1(CC2CCCC2(F)F)CC1. The number of halogens is 2. The predicted octanol–water partition coefficient (Wildman–Crippen LogP) is 2.30. The normalized spacial score (nSPS) is 36.8. The second kappa shape index (κ2) is 2.41. The highest BCUT2D eigenvalue weighted by atomic mass is 19.3. The summed E-state index contributed by atoms with van der Waals surface area (Å²) < 4.78 is 26.2. The average molecular weight is 175 g/mol. The standard InChI is InChI=1S/C9H15F2N/c10-9(11)3-1-2-7(9)6-8(12)4-5-8/h7H,1-6,12H2. The summed E-state index contributed by atoms with van der Waals surface area (Å²) in [6.45, 7) is 0. The molecule has 0 heterocycles. The van der Waals surface area contributed by atoms with Gasteiger partial charge >= 0.3 is 0 Å². The maximum Gasteiger partial charge on any atom is 0.251 e. The van der Waals surface area contributed by atoms with E-state index < -0.39 is 11.8 Å². The molecular weight excluding hydrogens is 160 g/mol. The van der Waals surface area contributed by atoms with Crippen molar-refractivity contribution >= 4 is 0 Å². The number of hydrogen-bond donors (Lipinski definition) is 1. The van der Waals surface area contributed by atoms with E-state index in [-0.39, 0.29) is 12.0 Å². The molecule has 0 spiro atoms. The summed E-state index contributed by atoms with van der Waals surface area (Å²) in [6.07, 6.45) is 3.85. The Labute approximate surface area is 71.3 Å². The minimum absolute atomic E-state index is 0.0771. The van der Waals surface area contributed by atoms with Crippen molar-refractivity contribution in [2.45, 2.75) is 50.0 Å². The molecule has 2 aliphatic carbocycles. The van der Waals surface area contributed by atoms with E-state index in [0.717, 1.165) is 12.8 Å². The fourth-order valence-corrected chi connectivity index (χ4v) is 2.11. The maximum atomic E-state index is 13.1. The number of alkyl halides is 2. The van der Waals surface area contributed by atoms with Crippen LogP contribution in [0.15, 0.2) is 0 Å². The smallest absolute Gasteiger partial charge is 0.251 e. The maximum absolute atomic E-state index is 13.1. The van der Waals surface area contributed by atoms with Crippen LogP contribution in [0.4, 0.5) is 8.78 Å². The van der Waals surface area contributed by atoms with Crippen molar-refractivity contribution in [2.75, 3.05) is 0 Å². The molecule has 0 aromatic carbocycles. The van der Waals surface area contributed by atoms with Crippen LogP contribution in [0.3, 0.4) is 0 Å². The molecule has 2 rings (SSSR count). The zero-order valence-corrected chi connectivity index (χ0v) is 7.15. The lowest BCUT2D eigenvalue weighted by Gasteiger charge is -2.21. The van der Waals surface area contributed by atoms with Gasteiger partial charge in [0.1, 0.15) is 0 Å². The van der Waals surface area contributed by atoms with E-state index in [9.17, 15) is 8.78 Å². The summed E-state index contributed by atoms with van der Waals surface area (Å²) in [5.41, 5.74) is 5.60. The van der Waals surface area contributed by atoms with Crippen molar-refractivity contribution in [3.05, 3.63) is 0 Å². The Hall–Kier alpha value is -0.180. The zero-order valence-electron chi connectivity index (χ0n) is 7.15. The highest BCUT2D eigenvalue weighted by Crippen LogP contribution is 2.48. The topological polar surface area (TPSA) is 26.0 Å². The van der Waals surface area contributed by atoms with E-state index in [1.807, 2.05) is 0 Å². The first-order valence-electron chi connectivity index (χ1n) is 4.69. The second-order valence-electron chi connectivity index (χ2n) is 4.42. The van der Waals surface area contributed by atoms with Crippen LogP contribution in [0.5, 0.6) is 0 Å². The summed E-state index contributed by atoms with van der Waals surface area (Å²) in [5, 5.41) is 0. The highest BCUT2D eigenvalue weighted by Gasteiger charge is 2.50. The van der Waals surface area contributed by atoms with Crippen LogP contribution in [0, 0.1) is 5.92 Å². The second-order valence-corrected chi connectivity index (χ2v) is 4.42. The average Bonchev–Trinajstić information content (AvgIpc) is 2.57. The first kappa shape index (κ1) is 8.42. The molecule has 1 nitrogen and oxygen atoms in total. The Morgan fingerprint density at radius 3 is 2.33 bits per heavy atom. The first-order chi connectivity index (χ1) is 5.52. The van der Waals surface area contributed by atoms with Gasteiger partial charge in [-0.3, -0.25) is 0 Å². The van der Waals surface area contributed by atoms with Gasteiger partial charge in [-0.05, 0) is 32.1 Å². The molecule has 2 aliphatic rings. The number of hydrogen-bond acceptors (Lipinski definition) is 1. The molecule has 12 heavy (non-hydrogen) atoms. The van der Waals surface area contributed by atoms with Crippen molar-refractivity contribution in [3.63, 3.8) is 0 Å². The van der Waals surface area contributed by atoms with E-state index in [0.29, 0.717) is 19.3 Å². The molecular formula is C9H15F2N. The fraction of sp³-hybridized carbons (Fsp3) is 1.00. The Morgan fingerprint density at radius 2 is 1.92 bits per heavy atom. The Balaban J connectivity index is 1.95. The molecule has 0 amide bonds. The Kier molecular flexibility index (Phi) is 1.69. The van der Waals surface area contributed by atoms with Gasteiger partial charge < -0.3 is 5.73 Å². The molecule has 2 fully saturated rings. The van der Waals surface area contributed by atoms with E-state index in [1.54, 1.807) is 0 Å². The van der Waals surface area contributed by atoms with Gasteiger partial charge in [-0.1, -0.05) is 0 Å². The molecule has 70 valence electrons. The van der Waals surface area contributed by atoms with Gasteiger partial charge in [0, 0.05) is 17.9 Å². The van der Waals surface area contributed by atoms with Crippen molar-refractivity contribution < 1.29 is 8.78 Å². The molecule has 0 saturated heterocycles. The zero-order chi connectivity index (χ0) is 8.82. The lowest BCUT2D eigenvalue weighted by Crippen LogP contribution is -2.31. The quantitative estimate of drug-likeness (QED) is 0.684. The van der Waals surface area contributed by atoms with Gasteiger partial charge in [0.2, 0.25) is 0 Å². The van der Waals surface area contributed by atoms with E-state index in [4.69, 9.17) is 5.73 Å². The van der Waals surface area contributed by atoms with Crippen molar-refractivity contribution in [2.24, 2.45) is 11.7 Å². The summed E-state index contributed by atoms with van der Waals surface area (Å²) in [7, 11) is 0. The third-order valence-electron chi connectivity index (χ3n) is 3.21. The third kappa shape index (κ3) is 1.47. The first-order valence-corrected chi connectivity index (χ1v) is 4.69. The molecule has 2 saturated carbocycles. The Morgan fingerprint density at radius 1 is 1.25 bits per heavy atom. The van der Waals surface area contributed by atoms with Crippen LogP contribution in [0.25, 0.3) is 0 Å². The van der Waals surface area contributed by atoms with Crippen molar-refractivity contribution in [3.8, 4) is 0 Å². The van der Waals surface area contributed by atoms with E-state index in [1.165, 1.54) is 0 Å². The van der Waals surface area contributed by atoms with Crippen LogP contribution in [0.1, 0.15) is 38.5 Å². The molecule has 0 aromatic heterocycles. The van der Waals surface area contributed by atoms with Gasteiger partial charge in [0.25, 0.3) is 5.92 Å². The number of rotatable bonds is 2. The Bertz CT molecular complexity index is 187. The predicted molar refractivity (Wildman–Crippen MR) is 43.1 cm³/mol.